The number of ether oxygens (including phenoxy) is 1. The Bertz CT molecular complexity index is 782. The third kappa shape index (κ3) is 2.81. The highest BCUT2D eigenvalue weighted by molar-refractivity contribution is 7.12. The maximum absolute atomic E-state index is 12.9. The van der Waals surface area contributed by atoms with E-state index in [4.69, 9.17) is 4.74 Å². The number of methoxy groups -OCH3 is 1. The molecule has 2 aliphatic rings. The molecule has 0 saturated heterocycles. The Kier molecular flexibility index (Phi) is 4.16. The first kappa shape index (κ1) is 17.0. The normalized spacial score (nSPS) is 23.0. The lowest BCUT2D eigenvalue weighted by Crippen LogP contribution is -2.38. The molecular weight excluding hydrogens is 322 g/mol. The van der Waals surface area contributed by atoms with Crippen molar-refractivity contribution in [3.8, 4) is 0 Å². The van der Waals surface area contributed by atoms with E-state index in [9.17, 15) is 9.59 Å². The predicted molar refractivity (Wildman–Crippen MR) is 94.7 cm³/mol. The van der Waals surface area contributed by atoms with Gasteiger partial charge in [0, 0.05) is 33.1 Å². The molecular formula is C19H23NO3S. The van der Waals surface area contributed by atoms with E-state index in [1.54, 1.807) is 11.3 Å². The van der Waals surface area contributed by atoms with Gasteiger partial charge in [0.2, 0.25) is 0 Å². The van der Waals surface area contributed by atoms with Crippen molar-refractivity contribution in [2.24, 2.45) is 5.41 Å². The Hall–Kier alpha value is -1.88. The minimum absolute atomic E-state index is 0.0676. The number of Topliss-reactive ketones (excluding diaryl/α,β-unsaturated/α-hetero) is 1. The summed E-state index contributed by atoms with van der Waals surface area (Å²) in [6.07, 6.45) is 1.31. The molecule has 1 aliphatic carbocycles. The fraction of sp³-hybridized carbons (Fsp3) is 0.474. The van der Waals surface area contributed by atoms with Crippen LogP contribution in [0, 0.1) is 12.3 Å². The molecule has 128 valence electrons. The number of dihydropyridines is 1. The third-order valence-corrected chi connectivity index (χ3v) is 5.76. The number of allylic oxidation sites excluding steroid dienone is 3. The van der Waals surface area contributed by atoms with Crippen LogP contribution in [0.3, 0.4) is 0 Å². The summed E-state index contributed by atoms with van der Waals surface area (Å²) in [7, 11) is 1.38. The van der Waals surface area contributed by atoms with Crippen LogP contribution in [-0.2, 0) is 14.3 Å². The molecule has 1 N–H and O–H groups in total. The van der Waals surface area contributed by atoms with Crippen LogP contribution in [0.5, 0.6) is 0 Å². The van der Waals surface area contributed by atoms with Gasteiger partial charge in [-0.15, -0.1) is 11.3 Å². The molecule has 1 aliphatic heterocycles. The molecule has 2 heterocycles. The fourth-order valence-corrected chi connectivity index (χ4v) is 4.71. The van der Waals surface area contributed by atoms with Crippen LogP contribution < -0.4 is 5.32 Å². The molecule has 1 unspecified atom stereocenters. The molecule has 0 aromatic carbocycles. The van der Waals surface area contributed by atoms with Gasteiger partial charge in [-0.1, -0.05) is 13.8 Å². The minimum Gasteiger partial charge on any atom is -0.466 e. The van der Waals surface area contributed by atoms with E-state index in [2.05, 4.69) is 19.2 Å². The maximum atomic E-state index is 12.9. The lowest BCUT2D eigenvalue weighted by atomic mass is 9.70. The number of carbonyl (C=O) groups excluding carboxylic acids is 2. The number of ketones is 1. The molecule has 1 atom stereocenters. The second-order valence-electron chi connectivity index (χ2n) is 7.37. The summed E-state index contributed by atoms with van der Waals surface area (Å²) in [5.74, 6) is -0.574. The number of hydrogen-bond acceptors (Lipinski definition) is 5. The summed E-state index contributed by atoms with van der Waals surface area (Å²) in [6.45, 7) is 8.13. The predicted octanol–water partition coefficient (Wildman–Crippen LogP) is 3.83. The topological polar surface area (TPSA) is 55.4 Å². The number of thiophene rings is 1. The highest BCUT2D eigenvalue weighted by Gasteiger charge is 2.43. The first-order chi connectivity index (χ1) is 11.2. The summed E-state index contributed by atoms with van der Waals surface area (Å²) in [6, 6.07) is 4.05. The number of rotatable bonds is 2. The molecule has 1 aromatic heterocycles. The van der Waals surface area contributed by atoms with Crippen LogP contribution in [-0.4, -0.2) is 18.9 Å². The quantitative estimate of drug-likeness (QED) is 0.828. The zero-order valence-corrected chi connectivity index (χ0v) is 15.6. The van der Waals surface area contributed by atoms with Crippen LogP contribution in [0.2, 0.25) is 0 Å². The third-order valence-electron chi connectivity index (χ3n) is 4.69. The number of hydrogen-bond donors (Lipinski definition) is 1. The molecule has 0 bridgehead atoms. The molecule has 5 heteroatoms. The first-order valence-electron chi connectivity index (χ1n) is 8.12. The second-order valence-corrected chi connectivity index (χ2v) is 8.69. The van der Waals surface area contributed by atoms with Gasteiger partial charge in [0.15, 0.2) is 5.78 Å². The van der Waals surface area contributed by atoms with Gasteiger partial charge >= 0.3 is 5.97 Å². The molecule has 0 fully saturated rings. The summed E-state index contributed by atoms with van der Waals surface area (Å²) in [4.78, 5) is 27.5. The molecule has 24 heavy (non-hydrogen) atoms. The average Bonchev–Trinajstić information content (AvgIpc) is 2.90. The second kappa shape index (κ2) is 5.88. The van der Waals surface area contributed by atoms with Crippen LogP contribution in [0.15, 0.2) is 34.7 Å². The van der Waals surface area contributed by atoms with Gasteiger partial charge in [0.05, 0.1) is 18.6 Å². The van der Waals surface area contributed by atoms with Crippen molar-refractivity contribution in [1.29, 1.82) is 0 Å². The number of aryl methyl sites for hydroxylation is 1. The zero-order chi connectivity index (χ0) is 17.6. The van der Waals surface area contributed by atoms with Gasteiger partial charge in [0.1, 0.15) is 0 Å². The molecule has 4 nitrogen and oxygen atoms in total. The van der Waals surface area contributed by atoms with Gasteiger partial charge in [-0.3, -0.25) is 4.79 Å². The zero-order valence-electron chi connectivity index (χ0n) is 14.8. The van der Waals surface area contributed by atoms with E-state index in [0.29, 0.717) is 12.0 Å². The Morgan fingerprint density at radius 2 is 2.00 bits per heavy atom. The van der Waals surface area contributed by atoms with Crippen molar-refractivity contribution in [3.05, 3.63) is 44.4 Å². The van der Waals surface area contributed by atoms with Crippen molar-refractivity contribution in [3.63, 3.8) is 0 Å². The van der Waals surface area contributed by atoms with Gasteiger partial charge in [-0.05, 0) is 37.8 Å². The van der Waals surface area contributed by atoms with Gasteiger partial charge < -0.3 is 10.1 Å². The van der Waals surface area contributed by atoms with E-state index < -0.39 is 0 Å². The fourth-order valence-electron chi connectivity index (χ4n) is 3.71. The van der Waals surface area contributed by atoms with Crippen LogP contribution >= 0.6 is 11.3 Å². The van der Waals surface area contributed by atoms with Gasteiger partial charge in [-0.25, -0.2) is 4.79 Å². The van der Waals surface area contributed by atoms with Gasteiger partial charge in [0.25, 0.3) is 0 Å². The molecule has 3 rings (SSSR count). The van der Waals surface area contributed by atoms with E-state index in [0.717, 1.165) is 33.1 Å². The van der Waals surface area contributed by atoms with E-state index >= 15 is 0 Å². The summed E-state index contributed by atoms with van der Waals surface area (Å²) in [5.41, 5.74) is 2.95. The summed E-state index contributed by atoms with van der Waals surface area (Å²) < 4.78 is 5.01. The van der Waals surface area contributed by atoms with Crippen molar-refractivity contribution in [1.82, 2.24) is 5.32 Å². The molecule has 0 spiro atoms. The van der Waals surface area contributed by atoms with E-state index in [-0.39, 0.29) is 23.1 Å². The SMILES string of the molecule is COC(=O)C1=C(C)NC2=C(C(=O)CC(C)(C)C2)C1c1ccc(C)s1. The maximum Gasteiger partial charge on any atom is 0.336 e. The smallest absolute Gasteiger partial charge is 0.336 e. The Morgan fingerprint density at radius 3 is 2.58 bits per heavy atom. The monoisotopic (exact) mass is 345 g/mol. The molecule has 1 aromatic rings. The minimum atomic E-state index is -0.375. The largest absolute Gasteiger partial charge is 0.466 e. The summed E-state index contributed by atoms with van der Waals surface area (Å²) >= 11 is 1.63. The van der Waals surface area contributed by atoms with E-state index in [1.807, 2.05) is 26.0 Å². The van der Waals surface area contributed by atoms with Crippen molar-refractivity contribution in [2.45, 2.75) is 46.5 Å². The van der Waals surface area contributed by atoms with E-state index in [1.165, 1.54) is 7.11 Å². The Morgan fingerprint density at radius 1 is 1.29 bits per heavy atom. The lowest BCUT2D eigenvalue weighted by molar-refractivity contribution is -0.136. The lowest BCUT2D eigenvalue weighted by Gasteiger charge is -2.39. The van der Waals surface area contributed by atoms with Crippen molar-refractivity contribution >= 4 is 23.1 Å². The first-order valence-corrected chi connectivity index (χ1v) is 8.94. The molecule has 0 amide bonds. The van der Waals surface area contributed by atoms with Crippen molar-refractivity contribution < 1.29 is 14.3 Å². The van der Waals surface area contributed by atoms with Gasteiger partial charge in [-0.2, -0.15) is 0 Å². The Balaban J connectivity index is 2.18. The highest BCUT2D eigenvalue weighted by Crippen LogP contribution is 2.47. The number of carbonyl (C=O) groups is 2. The molecule has 0 saturated carbocycles. The number of nitrogens with one attached hydrogen (secondary N) is 1. The van der Waals surface area contributed by atoms with Crippen LogP contribution in [0.4, 0.5) is 0 Å². The standard InChI is InChI=1S/C19H23NO3S/c1-10-6-7-14(24-10)17-15(18(22)23-5)11(2)20-12-8-19(3,4)9-13(21)16(12)17/h6-7,17,20H,8-9H2,1-5H3. The summed E-state index contributed by atoms with van der Waals surface area (Å²) in [5, 5.41) is 3.32. The van der Waals surface area contributed by atoms with Crippen molar-refractivity contribution in [2.75, 3.05) is 7.11 Å². The van der Waals surface area contributed by atoms with Crippen LogP contribution in [0.1, 0.15) is 49.3 Å². The average molecular weight is 345 g/mol. The highest BCUT2D eigenvalue weighted by atomic mass is 32.1. The molecule has 0 radical (unpaired) electrons. The Labute approximate surface area is 146 Å². The van der Waals surface area contributed by atoms with Crippen LogP contribution in [0.25, 0.3) is 0 Å². The number of esters is 1.